The Bertz CT molecular complexity index is 234. The van der Waals surface area contributed by atoms with Crippen molar-refractivity contribution in [2.75, 3.05) is 6.61 Å². The van der Waals surface area contributed by atoms with Crippen LogP contribution in [-0.4, -0.2) is 39.1 Å². The number of rotatable bonds is 11. The molecule has 0 saturated heterocycles. The molecule has 0 aromatic carbocycles. The van der Waals surface area contributed by atoms with Crippen molar-refractivity contribution in [1.82, 2.24) is 0 Å². The van der Waals surface area contributed by atoms with Gasteiger partial charge in [0, 0.05) is 0 Å². The summed E-state index contributed by atoms with van der Waals surface area (Å²) in [5, 5.41) is 0. The van der Waals surface area contributed by atoms with Crippen LogP contribution in [-0.2, 0) is 3.07 Å². The predicted molar refractivity (Wildman–Crippen MR) is 71.4 cm³/mol. The minimum atomic E-state index is -4.19. The molecule has 0 saturated carbocycles. The fraction of sp³-hybridized carbons (Fsp3) is 1.00. The maximum absolute atomic E-state index is 12.1. The summed E-state index contributed by atoms with van der Waals surface area (Å²) >= 11 is -2.56. The van der Waals surface area contributed by atoms with Gasteiger partial charge in [-0.05, 0) is 0 Å². The standard InChI is InChI=1S/C5H11O.2C4H6F3.Sn/c1-2-3-4-5-6;2*1-2-3-4(5,6)7;/h2-5H2,1H3;2*1-3H2;/q-1;;;+1. The van der Waals surface area contributed by atoms with E-state index in [1.54, 1.807) is 0 Å². The SMILES string of the molecule is CCCCC[O][Sn]([CH2]CCC(F)(F)F)[CH2]CCC(F)(F)F. The van der Waals surface area contributed by atoms with E-state index in [0.717, 1.165) is 19.3 Å². The van der Waals surface area contributed by atoms with E-state index >= 15 is 0 Å². The Balaban J connectivity index is 4.02. The molecule has 0 rings (SSSR count). The van der Waals surface area contributed by atoms with E-state index in [-0.39, 0.29) is 12.8 Å². The molecule has 0 fully saturated rings. The second kappa shape index (κ2) is 11.0. The van der Waals surface area contributed by atoms with E-state index in [9.17, 15) is 26.3 Å². The van der Waals surface area contributed by atoms with Crippen LogP contribution in [0.4, 0.5) is 26.3 Å². The molecule has 1 nitrogen and oxygen atoms in total. The third kappa shape index (κ3) is 16.5. The molecule has 0 amide bonds. The number of unbranched alkanes of at least 4 members (excludes halogenated alkanes) is 2. The Labute approximate surface area is 129 Å². The Morgan fingerprint density at radius 3 is 1.62 bits per heavy atom. The maximum atomic E-state index is 12.1. The van der Waals surface area contributed by atoms with Gasteiger partial charge in [0.1, 0.15) is 0 Å². The van der Waals surface area contributed by atoms with Gasteiger partial charge in [0.05, 0.1) is 0 Å². The van der Waals surface area contributed by atoms with Crippen molar-refractivity contribution in [2.45, 2.75) is 73.1 Å². The summed E-state index contributed by atoms with van der Waals surface area (Å²) in [6.07, 6.45) is -7.34. The van der Waals surface area contributed by atoms with Crippen molar-refractivity contribution in [3.8, 4) is 0 Å². The topological polar surface area (TPSA) is 9.23 Å². The van der Waals surface area contributed by atoms with Gasteiger partial charge in [-0.1, -0.05) is 0 Å². The Morgan fingerprint density at radius 2 is 1.24 bits per heavy atom. The first-order chi connectivity index (χ1) is 9.64. The summed E-state index contributed by atoms with van der Waals surface area (Å²) in [4.78, 5) is 0. The zero-order valence-corrected chi connectivity index (χ0v) is 15.1. The van der Waals surface area contributed by atoms with Crippen LogP contribution in [0.3, 0.4) is 0 Å². The zero-order valence-electron chi connectivity index (χ0n) is 12.2. The third-order valence-electron chi connectivity index (χ3n) is 2.89. The molecule has 0 aliphatic rings. The molecule has 0 spiro atoms. The van der Waals surface area contributed by atoms with Crippen molar-refractivity contribution in [2.24, 2.45) is 0 Å². The van der Waals surface area contributed by atoms with Crippen molar-refractivity contribution in [3.05, 3.63) is 0 Å². The summed E-state index contributed by atoms with van der Waals surface area (Å²) in [6, 6.07) is 0. The van der Waals surface area contributed by atoms with Gasteiger partial charge < -0.3 is 0 Å². The summed E-state index contributed by atoms with van der Waals surface area (Å²) in [7, 11) is 0. The number of alkyl halides is 6. The molecular formula is C13H23F6OSn. The predicted octanol–water partition coefficient (Wildman–Crippen LogP) is 5.87. The van der Waals surface area contributed by atoms with Crippen LogP contribution in [0.5, 0.6) is 0 Å². The summed E-state index contributed by atoms with van der Waals surface area (Å²) in [5.41, 5.74) is 0. The Morgan fingerprint density at radius 1 is 0.762 bits per heavy atom. The van der Waals surface area contributed by atoms with Crippen molar-refractivity contribution in [1.29, 1.82) is 0 Å². The first-order valence-corrected chi connectivity index (χ1v) is 12.4. The summed E-state index contributed by atoms with van der Waals surface area (Å²) in [5.74, 6) is 0. The van der Waals surface area contributed by atoms with Gasteiger partial charge in [-0.25, -0.2) is 0 Å². The molecule has 0 bridgehead atoms. The molecular weight excluding hydrogens is 405 g/mol. The van der Waals surface area contributed by atoms with Gasteiger partial charge in [-0.3, -0.25) is 0 Å². The van der Waals surface area contributed by atoms with E-state index in [1.165, 1.54) is 0 Å². The normalized spacial score (nSPS) is 13.1. The molecule has 0 aliphatic heterocycles. The molecule has 21 heavy (non-hydrogen) atoms. The molecule has 0 atom stereocenters. The van der Waals surface area contributed by atoms with Crippen LogP contribution in [0.25, 0.3) is 0 Å². The van der Waals surface area contributed by atoms with Gasteiger partial charge in [0.15, 0.2) is 0 Å². The average molecular weight is 428 g/mol. The first kappa shape index (κ1) is 21.3. The van der Waals surface area contributed by atoms with Gasteiger partial charge in [-0.15, -0.1) is 0 Å². The van der Waals surface area contributed by atoms with E-state index in [0.29, 0.717) is 15.5 Å². The van der Waals surface area contributed by atoms with Crippen molar-refractivity contribution < 1.29 is 29.4 Å². The molecule has 0 unspecified atom stereocenters. The fourth-order valence-corrected chi connectivity index (χ4v) is 7.84. The van der Waals surface area contributed by atoms with Crippen LogP contribution in [0.15, 0.2) is 0 Å². The minimum absolute atomic E-state index is 0.0158. The van der Waals surface area contributed by atoms with Crippen LogP contribution in [0, 0.1) is 0 Å². The molecule has 0 heterocycles. The quantitative estimate of drug-likeness (QED) is 0.227. The van der Waals surface area contributed by atoms with Crippen molar-refractivity contribution >= 4 is 20.2 Å². The Kier molecular flexibility index (Phi) is 11.1. The molecule has 0 N–H and O–H groups in total. The molecule has 8 heteroatoms. The number of hydrogen-bond donors (Lipinski definition) is 0. The van der Waals surface area contributed by atoms with E-state index in [1.807, 2.05) is 6.92 Å². The first-order valence-electron chi connectivity index (χ1n) is 7.25. The van der Waals surface area contributed by atoms with E-state index in [2.05, 4.69) is 0 Å². The number of halogens is 6. The van der Waals surface area contributed by atoms with Gasteiger partial charge in [-0.2, -0.15) is 0 Å². The average Bonchev–Trinajstić information content (AvgIpc) is 2.30. The van der Waals surface area contributed by atoms with Gasteiger partial charge >= 0.3 is 129 Å². The third-order valence-corrected chi connectivity index (χ3v) is 9.84. The summed E-state index contributed by atoms with van der Waals surface area (Å²) in [6.45, 7) is 2.51. The van der Waals surface area contributed by atoms with E-state index < -0.39 is 45.4 Å². The van der Waals surface area contributed by atoms with Crippen LogP contribution < -0.4 is 0 Å². The van der Waals surface area contributed by atoms with Gasteiger partial charge in [0.25, 0.3) is 0 Å². The van der Waals surface area contributed by atoms with Crippen molar-refractivity contribution in [3.63, 3.8) is 0 Å². The molecule has 0 aromatic rings. The van der Waals surface area contributed by atoms with Gasteiger partial charge in [0.2, 0.25) is 0 Å². The Hall–Kier alpha value is 0.339. The molecule has 127 valence electrons. The monoisotopic (exact) mass is 429 g/mol. The molecule has 1 radical (unpaired) electrons. The zero-order chi connectivity index (χ0) is 16.4. The van der Waals surface area contributed by atoms with Crippen LogP contribution >= 0.6 is 0 Å². The number of hydrogen-bond acceptors (Lipinski definition) is 1. The second-order valence-electron chi connectivity index (χ2n) is 5.03. The van der Waals surface area contributed by atoms with Crippen LogP contribution in [0.2, 0.25) is 8.87 Å². The fourth-order valence-electron chi connectivity index (χ4n) is 1.81. The molecule has 0 aliphatic carbocycles. The molecule has 0 aromatic heterocycles. The second-order valence-corrected chi connectivity index (χ2v) is 11.8. The van der Waals surface area contributed by atoms with E-state index in [4.69, 9.17) is 3.07 Å². The summed E-state index contributed by atoms with van der Waals surface area (Å²) < 4.78 is 78.9. The van der Waals surface area contributed by atoms with Crippen LogP contribution in [0.1, 0.15) is 51.9 Å².